The van der Waals surface area contributed by atoms with E-state index in [1.807, 2.05) is 38.1 Å². The molecule has 0 saturated heterocycles. The predicted octanol–water partition coefficient (Wildman–Crippen LogP) is 4.82. The summed E-state index contributed by atoms with van der Waals surface area (Å²) in [6.45, 7) is 3.76. The fourth-order valence-corrected chi connectivity index (χ4v) is 3.31. The molecule has 0 bridgehead atoms. The Labute approximate surface area is 200 Å². The molecule has 7 nitrogen and oxygen atoms in total. The first-order valence-electron chi connectivity index (χ1n) is 10.0. The average molecular weight is 511 g/mol. The SMILES string of the molecule is COc1cc(C=NNC(=O)COc2cccc(C)c2C)ccc1OC(=O)c1ccccc1Br. The first-order valence-corrected chi connectivity index (χ1v) is 10.8. The van der Waals surface area contributed by atoms with Crippen LogP contribution in [0, 0.1) is 13.8 Å². The molecule has 0 spiro atoms. The molecule has 0 heterocycles. The Kier molecular flexibility index (Phi) is 8.21. The number of hydrazone groups is 1. The summed E-state index contributed by atoms with van der Waals surface area (Å²) in [7, 11) is 1.47. The second-order valence-electron chi connectivity index (χ2n) is 7.06. The molecule has 0 aliphatic rings. The summed E-state index contributed by atoms with van der Waals surface area (Å²) in [6, 6.07) is 17.6. The second kappa shape index (κ2) is 11.3. The minimum Gasteiger partial charge on any atom is -0.493 e. The number of hydrogen-bond acceptors (Lipinski definition) is 6. The Balaban J connectivity index is 1.58. The van der Waals surface area contributed by atoms with Gasteiger partial charge in [-0.3, -0.25) is 4.79 Å². The zero-order valence-electron chi connectivity index (χ0n) is 18.4. The largest absolute Gasteiger partial charge is 0.493 e. The number of nitrogens with zero attached hydrogens (tertiary/aromatic N) is 1. The molecule has 0 saturated carbocycles. The number of esters is 1. The van der Waals surface area contributed by atoms with Gasteiger partial charge >= 0.3 is 5.97 Å². The van der Waals surface area contributed by atoms with Gasteiger partial charge in [0.2, 0.25) is 0 Å². The van der Waals surface area contributed by atoms with Crippen LogP contribution in [0.1, 0.15) is 27.0 Å². The van der Waals surface area contributed by atoms with Gasteiger partial charge < -0.3 is 14.2 Å². The summed E-state index contributed by atoms with van der Waals surface area (Å²) < 4.78 is 17.0. The molecular formula is C25H23BrN2O5. The molecule has 170 valence electrons. The molecular weight excluding hydrogens is 488 g/mol. The van der Waals surface area contributed by atoms with Crippen LogP contribution >= 0.6 is 15.9 Å². The number of hydrogen-bond donors (Lipinski definition) is 1. The number of carbonyl (C=O) groups is 2. The van der Waals surface area contributed by atoms with E-state index < -0.39 is 11.9 Å². The maximum Gasteiger partial charge on any atom is 0.344 e. The summed E-state index contributed by atoms with van der Waals surface area (Å²) >= 11 is 3.34. The van der Waals surface area contributed by atoms with Crippen LogP contribution in [-0.2, 0) is 4.79 Å². The number of amides is 1. The van der Waals surface area contributed by atoms with Gasteiger partial charge in [0.25, 0.3) is 5.91 Å². The molecule has 1 amide bonds. The standard InChI is InChI=1S/C25H23BrN2O5/c1-16-7-6-10-21(17(16)2)32-15-24(29)28-27-14-18-11-12-22(23(13-18)31-3)33-25(30)19-8-4-5-9-20(19)26/h4-14H,15H2,1-3H3,(H,28,29). The molecule has 8 heteroatoms. The van der Waals surface area contributed by atoms with E-state index in [9.17, 15) is 9.59 Å². The lowest BCUT2D eigenvalue weighted by Crippen LogP contribution is -2.24. The third-order valence-corrected chi connectivity index (χ3v) is 5.49. The maximum atomic E-state index is 12.4. The monoisotopic (exact) mass is 510 g/mol. The molecule has 1 N–H and O–H groups in total. The Morgan fingerprint density at radius 1 is 1.00 bits per heavy atom. The number of carbonyl (C=O) groups excluding carboxylic acids is 2. The zero-order valence-corrected chi connectivity index (χ0v) is 20.0. The van der Waals surface area contributed by atoms with Gasteiger partial charge in [-0.05, 0) is 82.9 Å². The molecule has 3 rings (SSSR count). The van der Waals surface area contributed by atoms with E-state index in [0.717, 1.165) is 11.1 Å². The van der Waals surface area contributed by atoms with Crippen LogP contribution in [0.2, 0.25) is 0 Å². The van der Waals surface area contributed by atoms with Crippen molar-refractivity contribution in [1.82, 2.24) is 5.43 Å². The van der Waals surface area contributed by atoms with Crippen LogP contribution in [-0.4, -0.2) is 31.8 Å². The number of methoxy groups -OCH3 is 1. The van der Waals surface area contributed by atoms with Gasteiger partial charge in [0.15, 0.2) is 18.1 Å². The molecule has 33 heavy (non-hydrogen) atoms. The van der Waals surface area contributed by atoms with E-state index in [0.29, 0.717) is 27.1 Å². The smallest absolute Gasteiger partial charge is 0.344 e. The van der Waals surface area contributed by atoms with Gasteiger partial charge in [-0.1, -0.05) is 24.3 Å². The van der Waals surface area contributed by atoms with Crippen molar-refractivity contribution in [2.45, 2.75) is 13.8 Å². The normalized spacial score (nSPS) is 10.7. The van der Waals surface area contributed by atoms with Crippen molar-refractivity contribution in [2.75, 3.05) is 13.7 Å². The fourth-order valence-electron chi connectivity index (χ4n) is 2.87. The van der Waals surface area contributed by atoms with Gasteiger partial charge in [0.05, 0.1) is 18.9 Å². The number of rotatable bonds is 8. The van der Waals surface area contributed by atoms with E-state index in [1.165, 1.54) is 13.3 Å². The first kappa shape index (κ1) is 24.0. The summed E-state index contributed by atoms with van der Waals surface area (Å²) in [4.78, 5) is 24.5. The van der Waals surface area contributed by atoms with E-state index in [4.69, 9.17) is 14.2 Å². The minimum absolute atomic E-state index is 0.158. The van der Waals surface area contributed by atoms with Gasteiger partial charge in [0, 0.05) is 4.47 Å². The van der Waals surface area contributed by atoms with Crippen molar-refractivity contribution in [3.63, 3.8) is 0 Å². The van der Waals surface area contributed by atoms with Crippen LogP contribution < -0.4 is 19.6 Å². The van der Waals surface area contributed by atoms with Crippen molar-refractivity contribution in [3.8, 4) is 17.2 Å². The van der Waals surface area contributed by atoms with Crippen molar-refractivity contribution in [3.05, 3.63) is 87.4 Å². The fraction of sp³-hybridized carbons (Fsp3) is 0.160. The molecule has 0 unspecified atom stereocenters. The van der Waals surface area contributed by atoms with E-state index >= 15 is 0 Å². The number of aryl methyl sites for hydroxylation is 1. The highest BCUT2D eigenvalue weighted by Crippen LogP contribution is 2.29. The molecule has 0 atom stereocenters. The van der Waals surface area contributed by atoms with Crippen LogP contribution in [0.3, 0.4) is 0 Å². The van der Waals surface area contributed by atoms with Gasteiger partial charge in [-0.2, -0.15) is 5.10 Å². The van der Waals surface area contributed by atoms with Gasteiger partial charge in [-0.15, -0.1) is 0 Å². The summed E-state index contributed by atoms with van der Waals surface area (Å²) in [5, 5.41) is 3.94. The summed E-state index contributed by atoms with van der Waals surface area (Å²) in [6.07, 6.45) is 1.46. The predicted molar refractivity (Wildman–Crippen MR) is 129 cm³/mol. The highest BCUT2D eigenvalue weighted by Gasteiger charge is 2.15. The zero-order chi connectivity index (χ0) is 23.8. The van der Waals surface area contributed by atoms with Crippen molar-refractivity contribution < 1.29 is 23.8 Å². The topological polar surface area (TPSA) is 86.2 Å². The van der Waals surface area contributed by atoms with Crippen LogP contribution in [0.15, 0.2) is 70.2 Å². The molecule has 0 aliphatic heterocycles. The highest BCUT2D eigenvalue weighted by molar-refractivity contribution is 9.10. The highest BCUT2D eigenvalue weighted by atomic mass is 79.9. The van der Waals surface area contributed by atoms with Crippen LogP contribution in [0.4, 0.5) is 0 Å². The van der Waals surface area contributed by atoms with E-state index in [-0.39, 0.29) is 12.4 Å². The molecule has 0 fully saturated rings. The van der Waals surface area contributed by atoms with Crippen molar-refractivity contribution in [2.24, 2.45) is 5.10 Å². The molecule has 0 radical (unpaired) electrons. The third-order valence-electron chi connectivity index (χ3n) is 4.80. The Hall–Kier alpha value is -3.65. The Morgan fingerprint density at radius 2 is 1.79 bits per heavy atom. The summed E-state index contributed by atoms with van der Waals surface area (Å²) in [5.41, 5.74) is 5.54. The van der Waals surface area contributed by atoms with E-state index in [2.05, 4.69) is 26.5 Å². The molecule has 0 aliphatic carbocycles. The third kappa shape index (κ3) is 6.43. The lowest BCUT2D eigenvalue weighted by atomic mass is 10.1. The molecule has 3 aromatic rings. The second-order valence-corrected chi connectivity index (χ2v) is 7.91. The first-order chi connectivity index (χ1) is 15.9. The van der Waals surface area contributed by atoms with Gasteiger partial charge in [0.1, 0.15) is 5.75 Å². The quantitative estimate of drug-likeness (QED) is 0.203. The van der Waals surface area contributed by atoms with Gasteiger partial charge in [-0.25, -0.2) is 10.2 Å². The lowest BCUT2D eigenvalue weighted by molar-refractivity contribution is -0.123. The minimum atomic E-state index is -0.515. The number of nitrogens with one attached hydrogen (secondary N) is 1. The lowest BCUT2D eigenvalue weighted by Gasteiger charge is -2.11. The maximum absolute atomic E-state index is 12.4. The molecule has 3 aromatic carbocycles. The van der Waals surface area contributed by atoms with Crippen molar-refractivity contribution >= 4 is 34.0 Å². The number of ether oxygens (including phenoxy) is 3. The number of benzene rings is 3. The molecule has 0 aromatic heterocycles. The number of halogens is 1. The van der Waals surface area contributed by atoms with Crippen LogP contribution in [0.5, 0.6) is 17.2 Å². The average Bonchev–Trinajstić information content (AvgIpc) is 2.81. The van der Waals surface area contributed by atoms with Crippen LogP contribution in [0.25, 0.3) is 0 Å². The van der Waals surface area contributed by atoms with E-state index in [1.54, 1.807) is 36.4 Å². The summed E-state index contributed by atoms with van der Waals surface area (Å²) in [5.74, 6) is 0.369. The van der Waals surface area contributed by atoms with Crippen molar-refractivity contribution in [1.29, 1.82) is 0 Å². The Morgan fingerprint density at radius 3 is 2.55 bits per heavy atom. The Bertz CT molecular complexity index is 1190.